The van der Waals surface area contributed by atoms with Gasteiger partial charge in [-0.05, 0) is 12.1 Å². The van der Waals surface area contributed by atoms with Crippen molar-refractivity contribution in [2.45, 2.75) is 0 Å². The third-order valence-corrected chi connectivity index (χ3v) is 1.80. The first kappa shape index (κ1) is 13.2. The zero-order valence-corrected chi connectivity index (χ0v) is 9.28. The van der Waals surface area contributed by atoms with Crippen LogP contribution in [-0.4, -0.2) is 25.3 Å². The van der Waals surface area contributed by atoms with E-state index >= 15 is 0 Å². The third kappa shape index (κ3) is 3.59. The van der Waals surface area contributed by atoms with E-state index in [1.165, 1.54) is 18.2 Å². The Morgan fingerprint density at radius 2 is 1.44 bits per heavy atom. The molecule has 0 spiro atoms. The van der Waals surface area contributed by atoms with Gasteiger partial charge in [0.05, 0.1) is 0 Å². The minimum atomic E-state index is -0.384. The molecule has 8 nitrogen and oxygen atoms in total. The number of hydrogen-bond acceptors (Lipinski definition) is 8. The lowest BCUT2D eigenvalue weighted by molar-refractivity contribution is 0.450. The normalized spacial score (nSPS) is 9.33. The van der Waals surface area contributed by atoms with E-state index in [4.69, 9.17) is 32.5 Å². The summed E-state index contributed by atoms with van der Waals surface area (Å²) < 4.78 is 0. The van der Waals surface area contributed by atoms with Crippen LogP contribution in [0.3, 0.4) is 0 Å². The average molecular weight is 251 g/mol. The third-order valence-electron chi connectivity index (χ3n) is 1.80. The van der Waals surface area contributed by atoms with Gasteiger partial charge >= 0.3 is 0 Å². The molecule has 2 rings (SSSR count). The maximum Gasteiger partial charge on any atom is 0.241 e. The van der Waals surface area contributed by atoms with Gasteiger partial charge in [0.25, 0.3) is 0 Å². The second-order valence-corrected chi connectivity index (χ2v) is 3.22. The Morgan fingerprint density at radius 1 is 0.889 bits per heavy atom. The van der Waals surface area contributed by atoms with Gasteiger partial charge in [-0.3, -0.25) is 0 Å². The molecule has 0 amide bonds. The van der Waals surface area contributed by atoms with E-state index in [2.05, 4.69) is 9.97 Å². The molecule has 9 N–H and O–H groups in total. The van der Waals surface area contributed by atoms with Crippen LogP contribution >= 0.6 is 0 Å². The van der Waals surface area contributed by atoms with E-state index < -0.39 is 0 Å². The molecule has 0 aliphatic heterocycles. The molecular formula is C10H13N5O3. The molecule has 8 heteroatoms. The van der Waals surface area contributed by atoms with Crippen LogP contribution in [0.2, 0.25) is 0 Å². The number of phenolic OH excluding ortho intramolecular Hbond substituents is 2. The number of phenols is 2. The molecule has 0 fully saturated rings. The van der Waals surface area contributed by atoms with Crippen LogP contribution in [0.4, 0.5) is 17.5 Å². The van der Waals surface area contributed by atoms with Crippen molar-refractivity contribution in [3.8, 4) is 17.4 Å². The van der Waals surface area contributed by atoms with Gasteiger partial charge in [-0.1, -0.05) is 6.07 Å². The first-order valence-corrected chi connectivity index (χ1v) is 4.75. The molecule has 1 aromatic heterocycles. The minimum absolute atomic E-state index is 0.00926. The standard InChI is InChI=1S/C6H6O2.C4H7N5O/c7-5-2-1-3-6(8)4-5;5-1-2(6)8-4(7)9-3(1)10/h1-4,7-8H;5H2,(H5,6,7,8,9,10). The number of nitrogens with zero attached hydrogens (tertiary/aromatic N) is 2. The quantitative estimate of drug-likeness (QED) is 0.381. The second kappa shape index (κ2) is 5.43. The number of rotatable bonds is 0. The number of benzene rings is 1. The van der Waals surface area contributed by atoms with Crippen molar-refractivity contribution < 1.29 is 15.3 Å². The predicted molar refractivity (Wildman–Crippen MR) is 66.7 cm³/mol. The fourth-order valence-electron chi connectivity index (χ4n) is 0.985. The molecule has 2 aromatic rings. The largest absolute Gasteiger partial charge is 0.508 e. The molecular weight excluding hydrogens is 238 g/mol. The van der Waals surface area contributed by atoms with Crippen molar-refractivity contribution in [1.29, 1.82) is 0 Å². The van der Waals surface area contributed by atoms with Crippen LogP contribution in [0, 0.1) is 0 Å². The highest BCUT2D eigenvalue weighted by Gasteiger charge is 2.04. The minimum Gasteiger partial charge on any atom is -0.508 e. The van der Waals surface area contributed by atoms with Gasteiger partial charge in [-0.15, -0.1) is 0 Å². The highest BCUT2D eigenvalue weighted by atomic mass is 16.3. The molecule has 0 aliphatic carbocycles. The summed E-state index contributed by atoms with van der Waals surface area (Å²) in [5.41, 5.74) is 15.5. The van der Waals surface area contributed by atoms with E-state index in [0.717, 1.165) is 0 Å². The first-order chi connectivity index (χ1) is 8.40. The maximum absolute atomic E-state index is 8.84. The lowest BCUT2D eigenvalue weighted by Gasteiger charge is -2.00. The predicted octanol–water partition coefficient (Wildman–Crippen LogP) is 0.0266. The van der Waals surface area contributed by atoms with Crippen LogP contribution in [0.25, 0.3) is 0 Å². The van der Waals surface area contributed by atoms with E-state index in [1.54, 1.807) is 6.07 Å². The van der Waals surface area contributed by atoms with Crippen molar-refractivity contribution in [2.24, 2.45) is 0 Å². The van der Waals surface area contributed by atoms with Crippen LogP contribution in [-0.2, 0) is 0 Å². The second-order valence-electron chi connectivity index (χ2n) is 3.22. The summed E-state index contributed by atoms with van der Waals surface area (Å²) in [6, 6.07) is 5.85. The number of nitrogen functional groups attached to an aromatic ring is 3. The van der Waals surface area contributed by atoms with Gasteiger partial charge in [0.15, 0.2) is 5.82 Å². The maximum atomic E-state index is 8.84. The lowest BCUT2D eigenvalue weighted by Crippen LogP contribution is -2.03. The fourth-order valence-corrected chi connectivity index (χ4v) is 0.985. The lowest BCUT2D eigenvalue weighted by atomic mass is 10.3. The highest BCUT2D eigenvalue weighted by molar-refractivity contribution is 5.65. The monoisotopic (exact) mass is 251 g/mol. The molecule has 1 heterocycles. The van der Waals surface area contributed by atoms with Gasteiger partial charge in [-0.25, -0.2) is 0 Å². The summed E-state index contributed by atoms with van der Waals surface area (Å²) in [5, 5.41) is 26.2. The summed E-state index contributed by atoms with van der Waals surface area (Å²) in [6.45, 7) is 0. The molecule has 0 unspecified atom stereocenters. The van der Waals surface area contributed by atoms with Crippen LogP contribution in [0.1, 0.15) is 0 Å². The van der Waals surface area contributed by atoms with Crippen molar-refractivity contribution in [3.63, 3.8) is 0 Å². The van der Waals surface area contributed by atoms with E-state index in [9.17, 15) is 0 Å². The SMILES string of the molecule is Nc1nc(N)c(N)c(O)n1.Oc1cccc(O)c1. The number of nitrogens with two attached hydrogens (primary N) is 3. The molecule has 0 bridgehead atoms. The van der Waals surface area contributed by atoms with Gasteiger partial charge in [0.1, 0.15) is 17.2 Å². The Kier molecular flexibility index (Phi) is 3.98. The number of hydrogen-bond donors (Lipinski definition) is 6. The number of aromatic hydroxyl groups is 3. The first-order valence-electron chi connectivity index (χ1n) is 4.75. The summed E-state index contributed by atoms with van der Waals surface area (Å²) in [4.78, 5) is 6.84. The van der Waals surface area contributed by atoms with Crippen molar-refractivity contribution in [3.05, 3.63) is 24.3 Å². The van der Waals surface area contributed by atoms with Crippen LogP contribution in [0.5, 0.6) is 17.4 Å². The Hall–Kier alpha value is -2.90. The molecule has 0 saturated heterocycles. The van der Waals surface area contributed by atoms with Crippen LogP contribution in [0.15, 0.2) is 24.3 Å². The zero-order valence-electron chi connectivity index (χ0n) is 9.28. The van der Waals surface area contributed by atoms with Crippen molar-refractivity contribution >= 4 is 17.5 Å². The number of anilines is 3. The topological polar surface area (TPSA) is 165 Å². The van der Waals surface area contributed by atoms with E-state index in [1.807, 2.05) is 0 Å². The Labute approximate surface area is 102 Å². The molecule has 96 valence electrons. The van der Waals surface area contributed by atoms with E-state index in [0.29, 0.717) is 0 Å². The Balaban J connectivity index is 0.000000184. The zero-order chi connectivity index (χ0) is 13.7. The van der Waals surface area contributed by atoms with Gasteiger partial charge in [0.2, 0.25) is 11.8 Å². The average Bonchev–Trinajstić information content (AvgIpc) is 2.26. The highest BCUT2D eigenvalue weighted by Crippen LogP contribution is 2.21. The Morgan fingerprint density at radius 3 is 1.83 bits per heavy atom. The molecule has 0 saturated carbocycles. The molecule has 0 radical (unpaired) electrons. The smallest absolute Gasteiger partial charge is 0.241 e. The van der Waals surface area contributed by atoms with Crippen molar-refractivity contribution in [2.75, 3.05) is 17.2 Å². The summed E-state index contributed by atoms with van der Waals surface area (Å²) in [7, 11) is 0. The molecule has 0 aliphatic rings. The summed E-state index contributed by atoms with van der Waals surface area (Å²) in [5.74, 6) is -0.311. The van der Waals surface area contributed by atoms with E-state index in [-0.39, 0.29) is 34.8 Å². The molecule has 1 aromatic carbocycles. The van der Waals surface area contributed by atoms with Crippen LogP contribution < -0.4 is 17.2 Å². The van der Waals surface area contributed by atoms with Gasteiger partial charge in [0, 0.05) is 6.07 Å². The van der Waals surface area contributed by atoms with Crippen molar-refractivity contribution in [1.82, 2.24) is 9.97 Å². The van der Waals surface area contributed by atoms with Gasteiger partial charge in [-0.2, -0.15) is 9.97 Å². The molecule has 18 heavy (non-hydrogen) atoms. The Bertz CT molecular complexity index is 507. The molecule has 0 atom stereocenters. The summed E-state index contributed by atoms with van der Waals surface area (Å²) >= 11 is 0. The summed E-state index contributed by atoms with van der Waals surface area (Å²) in [6.07, 6.45) is 0. The number of aromatic nitrogens is 2. The fraction of sp³-hybridized carbons (Fsp3) is 0. The van der Waals surface area contributed by atoms with Gasteiger partial charge < -0.3 is 32.5 Å².